The average Bonchev–Trinajstić information content (AvgIpc) is 2.49. The van der Waals surface area contributed by atoms with Gasteiger partial charge >= 0.3 is 0 Å². The molecule has 0 saturated carbocycles. The zero-order valence-electron chi connectivity index (χ0n) is 11.6. The van der Waals surface area contributed by atoms with Gasteiger partial charge < -0.3 is 14.7 Å². The molecule has 1 aromatic carbocycles. The van der Waals surface area contributed by atoms with E-state index in [1.807, 2.05) is 11.0 Å². The lowest BCUT2D eigenvalue weighted by atomic mass is 10.1. The molecule has 1 fully saturated rings. The molecule has 0 radical (unpaired) electrons. The SMILES string of the molecule is CC(Oc1ccc(Br)c(CO)c1)C(=O)N1CCCCC1. The average molecular weight is 342 g/mol. The third-order valence-corrected chi connectivity index (χ3v) is 4.29. The zero-order chi connectivity index (χ0) is 14.5. The maximum Gasteiger partial charge on any atom is 0.263 e. The Morgan fingerprint density at radius 2 is 2.10 bits per heavy atom. The predicted molar refractivity (Wildman–Crippen MR) is 80.6 cm³/mol. The molecule has 1 aliphatic rings. The molecule has 1 atom stereocenters. The molecule has 1 aromatic rings. The lowest BCUT2D eigenvalue weighted by Crippen LogP contribution is -2.43. The Hall–Kier alpha value is -1.07. The van der Waals surface area contributed by atoms with Gasteiger partial charge in [-0.3, -0.25) is 4.79 Å². The van der Waals surface area contributed by atoms with Crippen LogP contribution in [-0.2, 0) is 11.4 Å². The van der Waals surface area contributed by atoms with Crippen LogP contribution in [0.5, 0.6) is 5.75 Å². The lowest BCUT2D eigenvalue weighted by Gasteiger charge is -2.29. The highest BCUT2D eigenvalue weighted by atomic mass is 79.9. The lowest BCUT2D eigenvalue weighted by molar-refractivity contribution is -0.138. The van der Waals surface area contributed by atoms with Gasteiger partial charge in [-0.25, -0.2) is 0 Å². The number of halogens is 1. The molecule has 1 N–H and O–H groups in total. The molecular formula is C15H20BrNO3. The van der Waals surface area contributed by atoms with E-state index in [1.54, 1.807) is 19.1 Å². The molecule has 2 rings (SSSR count). The largest absolute Gasteiger partial charge is 0.481 e. The van der Waals surface area contributed by atoms with E-state index in [1.165, 1.54) is 6.42 Å². The second-order valence-electron chi connectivity index (χ2n) is 5.06. The van der Waals surface area contributed by atoms with Crippen molar-refractivity contribution >= 4 is 21.8 Å². The van der Waals surface area contributed by atoms with Crippen LogP contribution >= 0.6 is 15.9 Å². The van der Waals surface area contributed by atoms with Gasteiger partial charge in [0.05, 0.1) is 6.61 Å². The summed E-state index contributed by atoms with van der Waals surface area (Å²) < 4.78 is 6.54. The highest BCUT2D eigenvalue weighted by Crippen LogP contribution is 2.23. The summed E-state index contributed by atoms with van der Waals surface area (Å²) in [6, 6.07) is 5.37. The highest BCUT2D eigenvalue weighted by molar-refractivity contribution is 9.10. The predicted octanol–water partition coefficient (Wildman–Crippen LogP) is 2.72. The van der Waals surface area contributed by atoms with E-state index in [-0.39, 0.29) is 12.5 Å². The number of piperidine rings is 1. The van der Waals surface area contributed by atoms with Gasteiger partial charge in [0, 0.05) is 17.6 Å². The van der Waals surface area contributed by atoms with Gasteiger partial charge in [0.1, 0.15) is 5.75 Å². The van der Waals surface area contributed by atoms with Gasteiger partial charge in [-0.1, -0.05) is 15.9 Å². The standard InChI is InChI=1S/C15H20BrNO3/c1-11(15(19)17-7-3-2-4-8-17)20-13-5-6-14(16)12(9-13)10-18/h5-6,9,11,18H,2-4,7-8,10H2,1H3. The van der Waals surface area contributed by atoms with E-state index in [9.17, 15) is 9.90 Å². The van der Waals surface area contributed by atoms with Gasteiger partial charge in [0.2, 0.25) is 0 Å². The van der Waals surface area contributed by atoms with Crippen LogP contribution in [0.2, 0.25) is 0 Å². The molecule has 0 aromatic heterocycles. The van der Waals surface area contributed by atoms with Crippen LogP contribution in [0.3, 0.4) is 0 Å². The number of aliphatic hydroxyl groups is 1. The molecule has 1 heterocycles. The number of amides is 1. The highest BCUT2D eigenvalue weighted by Gasteiger charge is 2.23. The van der Waals surface area contributed by atoms with E-state index in [4.69, 9.17) is 4.74 Å². The molecule has 5 heteroatoms. The maximum absolute atomic E-state index is 12.3. The van der Waals surface area contributed by atoms with Gasteiger partial charge in [0.15, 0.2) is 6.10 Å². The van der Waals surface area contributed by atoms with Crippen molar-refractivity contribution < 1.29 is 14.6 Å². The van der Waals surface area contributed by atoms with Crippen molar-refractivity contribution in [2.24, 2.45) is 0 Å². The Bertz CT molecular complexity index is 472. The zero-order valence-corrected chi connectivity index (χ0v) is 13.2. The normalized spacial score (nSPS) is 16.9. The summed E-state index contributed by atoms with van der Waals surface area (Å²) in [6.07, 6.45) is 2.85. The monoisotopic (exact) mass is 341 g/mol. The summed E-state index contributed by atoms with van der Waals surface area (Å²) >= 11 is 3.36. The number of hydrogen-bond donors (Lipinski definition) is 1. The van der Waals surface area contributed by atoms with Crippen molar-refractivity contribution in [3.8, 4) is 5.75 Å². The van der Waals surface area contributed by atoms with Crippen LogP contribution in [0.4, 0.5) is 0 Å². The maximum atomic E-state index is 12.3. The minimum absolute atomic E-state index is 0.0400. The number of hydrogen-bond acceptors (Lipinski definition) is 3. The first kappa shape index (κ1) is 15.3. The Morgan fingerprint density at radius 1 is 1.40 bits per heavy atom. The molecule has 1 amide bonds. The van der Waals surface area contributed by atoms with Crippen molar-refractivity contribution in [2.75, 3.05) is 13.1 Å². The van der Waals surface area contributed by atoms with Gasteiger partial charge in [-0.2, -0.15) is 0 Å². The number of ether oxygens (including phenoxy) is 1. The molecular weight excluding hydrogens is 322 g/mol. The fourth-order valence-electron chi connectivity index (χ4n) is 2.37. The number of aliphatic hydroxyl groups excluding tert-OH is 1. The van der Waals surface area contributed by atoms with E-state index in [0.717, 1.165) is 36.0 Å². The summed E-state index contributed by atoms with van der Waals surface area (Å²) in [4.78, 5) is 14.1. The number of likely N-dealkylation sites (tertiary alicyclic amines) is 1. The van der Waals surface area contributed by atoms with Gasteiger partial charge in [0.25, 0.3) is 5.91 Å². The first-order valence-corrected chi connectivity index (χ1v) is 7.76. The smallest absolute Gasteiger partial charge is 0.263 e. The summed E-state index contributed by atoms with van der Waals surface area (Å²) in [5.41, 5.74) is 0.750. The van der Waals surface area contributed by atoms with Crippen LogP contribution in [0.15, 0.2) is 22.7 Å². The van der Waals surface area contributed by atoms with Crippen LogP contribution in [0.1, 0.15) is 31.7 Å². The first-order valence-electron chi connectivity index (χ1n) is 6.96. The van der Waals surface area contributed by atoms with E-state index >= 15 is 0 Å². The van der Waals surface area contributed by atoms with Crippen molar-refractivity contribution in [1.82, 2.24) is 4.90 Å². The summed E-state index contributed by atoms with van der Waals surface area (Å²) in [5, 5.41) is 9.23. The number of rotatable bonds is 4. The summed E-state index contributed by atoms with van der Waals surface area (Å²) in [6.45, 7) is 3.37. The molecule has 110 valence electrons. The Kier molecular flexibility index (Phi) is 5.43. The molecule has 1 aliphatic heterocycles. The van der Waals surface area contributed by atoms with Crippen molar-refractivity contribution in [3.63, 3.8) is 0 Å². The fraction of sp³-hybridized carbons (Fsp3) is 0.533. The van der Waals surface area contributed by atoms with E-state index < -0.39 is 6.10 Å². The number of carbonyl (C=O) groups is 1. The van der Waals surface area contributed by atoms with Gasteiger partial charge in [-0.15, -0.1) is 0 Å². The fourth-order valence-corrected chi connectivity index (χ4v) is 2.74. The molecule has 20 heavy (non-hydrogen) atoms. The first-order chi connectivity index (χ1) is 9.61. The van der Waals surface area contributed by atoms with Crippen LogP contribution in [0.25, 0.3) is 0 Å². The Labute approximate surface area is 127 Å². The number of nitrogens with zero attached hydrogens (tertiary/aromatic N) is 1. The Balaban J connectivity index is 1.99. The van der Waals surface area contributed by atoms with Crippen molar-refractivity contribution in [2.45, 2.75) is 38.9 Å². The van der Waals surface area contributed by atoms with Crippen molar-refractivity contribution in [1.29, 1.82) is 0 Å². The van der Waals surface area contributed by atoms with Gasteiger partial charge in [-0.05, 0) is 49.9 Å². The van der Waals surface area contributed by atoms with E-state index in [0.29, 0.717) is 5.75 Å². The minimum atomic E-state index is -0.499. The Morgan fingerprint density at radius 3 is 2.75 bits per heavy atom. The molecule has 0 spiro atoms. The molecule has 1 saturated heterocycles. The summed E-state index contributed by atoms with van der Waals surface area (Å²) in [5.74, 6) is 0.647. The van der Waals surface area contributed by atoms with Crippen LogP contribution in [-0.4, -0.2) is 35.1 Å². The molecule has 0 aliphatic carbocycles. The second kappa shape index (κ2) is 7.09. The second-order valence-corrected chi connectivity index (χ2v) is 5.91. The third kappa shape index (κ3) is 3.73. The molecule has 0 bridgehead atoms. The van der Waals surface area contributed by atoms with Crippen molar-refractivity contribution in [3.05, 3.63) is 28.2 Å². The topological polar surface area (TPSA) is 49.8 Å². The molecule has 4 nitrogen and oxygen atoms in total. The summed E-state index contributed by atoms with van der Waals surface area (Å²) in [7, 11) is 0. The number of carbonyl (C=O) groups excluding carboxylic acids is 1. The molecule has 1 unspecified atom stereocenters. The van der Waals surface area contributed by atoms with E-state index in [2.05, 4.69) is 15.9 Å². The van der Waals surface area contributed by atoms with Crippen LogP contribution < -0.4 is 4.74 Å². The quantitative estimate of drug-likeness (QED) is 0.915. The minimum Gasteiger partial charge on any atom is -0.481 e. The third-order valence-electron chi connectivity index (χ3n) is 3.52. The van der Waals surface area contributed by atoms with Crippen LogP contribution in [0, 0.1) is 0 Å². The number of benzene rings is 1.